The Labute approximate surface area is 191 Å². The van der Waals surface area contributed by atoms with E-state index in [2.05, 4.69) is 26.9 Å². The average Bonchev–Trinajstić information content (AvgIpc) is 3.55. The van der Waals surface area contributed by atoms with Gasteiger partial charge in [-0.05, 0) is 42.7 Å². The Morgan fingerprint density at radius 3 is 2.61 bits per heavy atom. The summed E-state index contributed by atoms with van der Waals surface area (Å²) in [4.78, 5) is 14.3. The summed E-state index contributed by atoms with van der Waals surface area (Å²) in [5.74, 6) is 2.61. The summed E-state index contributed by atoms with van der Waals surface area (Å²) in [5, 5.41) is 10.3. The monoisotopic (exact) mass is 456 g/mol. The molecule has 8 heteroatoms. The molecule has 31 heavy (non-hydrogen) atoms. The van der Waals surface area contributed by atoms with Crippen LogP contribution in [0.4, 0.5) is 0 Å². The summed E-state index contributed by atoms with van der Waals surface area (Å²) in [7, 11) is 1.79. The molecule has 0 radical (unpaired) electrons. The van der Waals surface area contributed by atoms with Gasteiger partial charge in [-0.25, -0.2) is 0 Å². The molecule has 0 unspecified atom stereocenters. The minimum absolute atomic E-state index is 0.0342. The normalized spacial score (nSPS) is 13.2. The van der Waals surface area contributed by atoms with Crippen LogP contribution in [0.3, 0.4) is 0 Å². The van der Waals surface area contributed by atoms with Crippen molar-refractivity contribution in [1.29, 1.82) is 0 Å². The number of aromatic nitrogens is 3. The number of hydrogen-bond donors (Lipinski definition) is 0. The Hall–Kier alpha value is -2.51. The molecule has 6 nitrogen and oxygen atoms in total. The van der Waals surface area contributed by atoms with Gasteiger partial charge in [-0.2, -0.15) is 0 Å². The highest BCUT2D eigenvalue weighted by atomic mass is 35.5. The number of halogens is 1. The fourth-order valence-electron chi connectivity index (χ4n) is 3.16. The topological polar surface area (TPSA) is 60.2 Å². The van der Waals surface area contributed by atoms with Crippen LogP contribution in [0.5, 0.6) is 5.75 Å². The van der Waals surface area contributed by atoms with Crippen molar-refractivity contribution < 1.29 is 9.53 Å². The van der Waals surface area contributed by atoms with Crippen LogP contribution in [0.1, 0.15) is 30.1 Å². The summed E-state index contributed by atoms with van der Waals surface area (Å²) >= 11 is 7.32. The van der Waals surface area contributed by atoms with Crippen LogP contribution in [0.15, 0.2) is 59.8 Å². The van der Waals surface area contributed by atoms with E-state index < -0.39 is 0 Å². The predicted molar refractivity (Wildman–Crippen MR) is 123 cm³/mol. The highest BCUT2D eigenvalue weighted by Crippen LogP contribution is 2.40. The van der Waals surface area contributed by atoms with Crippen molar-refractivity contribution >= 4 is 29.3 Å². The van der Waals surface area contributed by atoms with E-state index in [1.165, 1.54) is 17.3 Å². The maximum absolute atomic E-state index is 12.6. The van der Waals surface area contributed by atoms with E-state index in [9.17, 15) is 4.79 Å². The zero-order chi connectivity index (χ0) is 21.6. The van der Waals surface area contributed by atoms with Gasteiger partial charge in [-0.3, -0.25) is 4.79 Å². The van der Waals surface area contributed by atoms with Crippen LogP contribution >= 0.6 is 23.4 Å². The molecule has 3 aromatic rings. The Kier molecular flexibility index (Phi) is 7.14. The zero-order valence-electron chi connectivity index (χ0n) is 17.4. The summed E-state index contributed by atoms with van der Waals surface area (Å²) in [6.07, 6.45) is 2.32. The molecule has 1 heterocycles. The first-order valence-corrected chi connectivity index (χ1v) is 11.7. The largest absolute Gasteiger partial charge is 0.492 e. The molecule has 1 fully saturated rings. The highest BCUT2D eigenvalue weighted by molar-refractivity contribution is 7.99. The van der Waals surface area contributed by atoms with Gasteiger partial charge >= 0.3 is 0 Å². The van der Waals surface area contributed by atoms with E-state index >= 15 is 0 Å². The summed E-state index contributed by atoms with van der Waals surface area (Å²) in [6, 6.07) is 17.5. The first kappa shape index (κ1) is 21.7. The number of carbonyl (C=O) groups excluding carboxylic acids is 1. The van der Waals surface area contributed by atoms with E-state index in [0.717, 1.165) is 36.1 Å². The Balaban J connectivity index is 1.30. The van der Waals surface area contributed by atoms with E-state index in [1.54, 1.807) is 24.1 Å². The van der Waals surface area contributed by atoms with Crippen molar-refractivity contribution in [3.05, 3.63) is 71.0 Å². The maximum atomic E-state index is 12.6. The quantitative estimate of drug-likeness (QED) is 0.421. The average molecular weight is 457 g/mol. The number of benzene rings is 2. The van der Waals surface area contributed by atoms with Crippen LogP contribution < -0.4 is 4.74 Å². The van der Waals surface area contributed by atoms with E-state index in [0.29, 0.717) is 29.8 Å². The zero-order valence-corrected chi connectivity index (χ0v) is 19.0. The van der Waals surface area contributed by atoms with Gasteiger partial charge in [-0.1, -0.05) is 53.7 Å². The third-order valence-corrected chi connectivity index (χ3v) is 6.33. The summed E-state index contributed by atoms with van der Waals surface area (Å²) in [5.41, 5.74) is 1.20. The van der Waals surface area contributed by atoms with E-state index in [-0.39, 0.29) is 5.91 Å². The lowest BCUT2D eigenvalue weighted by atomic mass is 10.2. The van der Waals surface area contributed by atoms with Gasteiger partial charge < -0.3 is 14.2 Å². The molecule has 4 rings (SSSR count). The van der Waals surface area contributed by atoms with Crippen LogP contribution in [-0.2, 0) is 11.3 Å². The van der Waals surface area contributed by atoms with Crippen molar-refractivity contribution in [2.24, 2.45) is 0 Å². The third kappa shape index (κ3) is 6.02. The van der Waals surface area contributed by atoms with Crippen molar-refractivity contribution in [3.8, 4) is 5.75 Å². The van der Waals surface area contributed by atoms with Gasteiger partial charge in [-0.15, -0.1) is 10.2 Å². The Bertz CT molecular complexity index is 1010. The number of thioether (sulfide) groups is 1. The van der Waals surface area contributed by atoms with Gasteiger partial charge in [0.15, 0.2) is 5.16 Å². The van der Waals surface area contributed by atoms with E-state index in [1.807, 2.05) is 30.3 Å². The van der Waals surface area contributed by atoms with Crippen molar-refractivity contribution in [3.63, 3.8) is 0 Å². The molecule has 0 bridgehead atoms. The number of carbonyl (C=O) groups is 1. The summed E-state index contributed by atoms with van der Waals surface area (Å²) < 4.78 is 7.84. The van der Waals surface area contributed by atoms with Crippen LogP contribution in [0, 0.1) is 0 Å². The third-order valence-electron chi connectivity index (χ3n) is 5.13. The van der Waals surface area contributed by atoms with Gasteiger partial charge in [0.05, 0.1) is 18.8 Å². The van der Waals surface area contributed by atoms with Gasteiger partial charge in [0.1, 0.15) is 18.2 Å². The fourth-order valence-corrected chi connectivity index (χ4v) is 4.17. The fraction of sp³-hybridized carbons (Fsp3) is 0.348. The molecule has 1 saturated carbocycles. The summed E-state index contributed by atoms with van der Waals surface area (Å²) in [6.45, 7) is 1.65. The van der Waals surface area contributed by atoms with Gasteiger partial charge in [0.2, 0.25) is 5.91 Å². The Morgan fingerprint density at radius 1 is 1.16 bits per heavy atom. The van der Waals surface area contributed by atoms with Gasteiger partial charge in [0.25, 0.3) is 0 Å². The second kappa shape index (κ2) is 10.2. The van der Waals surface area contributed by atoms with Crippen LogP contribution in [-0.4, -0.2) is 51.5 Å². The number of hydrogen-bond acceptors (Lipinski definition) is 5. The maximum Gasteiger partial charge on any atom is 0.232 e. The second-order valence-corrected chi connectivity index (χ2v) is 8.97. The predicted octanol–water partition coefficient (Wildman–Crippen LogP) is 4.49. The molecule has 162 valence electrons. The number of ether oxygens (including phenoxy) is 1. The lowest BCUT2D eigenvalue weighted by Crippen LogP contribution is -2.32. The van der Waals surface area contributed by atoms with Gasteiger partial charge in [0, 0.05) is 18.0 Å². The van der Waals surface area contributed by atoms with E-state index in [4.69, 9.17) is 16.3 Å². The SMILES string of the molecule is CN(CCOc1ccc(Cl)cc1)C(=O)CSc1nnc(C2CC2)n1Cc1ccccc1. The molecule has 1 aliphatic rings. The van der Waals surface area contributed by atoms with Crippen molar-refractivity contribution in [2.45, 2.75) is 30.5 Å². The van der Waals surface area contributed by atoms with Crippen molar-refractivity contribution in [1.82, 2.24) is 19.7 Å². The lowest BCUT2D eigenvalue weighted by molar-refractivity contribution is -0.127. The standard InChI is InChI=1S/C23H25ClN4O2S/c1-27(13-14-30-20-11-9-19(24)10-12-20)21(29)16-31-23-26-25-22(18-7-8-18)28(23)15-17-5-3-2-4-6-17/h2-6,9-12,18H,7-8,13-16H2,1H3. The molecular weight excluding hydrogens is 432 g/mol. The second-order valence-electron chi connectivity index (χ2n) is 7.59. The molecule has 1 amide bonds. The smallest absolute Gasteiger partial charge is 0.232 e. The molecular formula is C23H25ClN4O2S. The molecule has 1 aliphatic carbocycles. The number of likely N-dealkylation sites (N-methyl/N-ethyl adjacent to an activating group) is 1. The Morgan fingerprint density at radius 2 is 1.90 bits per heavy atom. The van der Waals surface area contributed by atoms with Crippen LogP contribution in [0.2, 0.25) is 5.02 Å². The molecule has 1 aromatic heterocycles. The molecule has 0 N–H and O–H groups in total. The molecule has 0 saturated heterocycles. The molecule has 0 spiro atoms. The molecule has 0 aliphatic heterocycles. The van der Waals surface area contributed by atoms with Crippen molar-refractivity contribution in [2.75, 3.05) is 26.0 Å². The number of rotatable bonds is 10. The minimum atomic E-state index is 0.0342. The first-order valence-electron chi connectivity index (χ1n) is 10.3. The minimum Gasteiger partial charge on any atom is -0.492 e. The lowest BCUT2D eigenvalue weighted by Gasteiger charge is -2.17. The highest BCUT2D eigenvalue weighted by Gasteiger charge is 2.30. The number of amides is 1. The first-order chi connectivity index (χ1) is 15.1. The van der Waals surface area contributed by atoms with Crippen LogP contribution in [0.25, 0.3) is 0 Å². The number of nitrogens with zero attached hydrogens (tertiary/aromatic N) is 4. The molecule has 2 aromatic carbocycles. The molecule has 0 atom stereocenters.